The van der Waals surface area contributed by atoms with Crippen molar-refractivity contribution in [3.63, 3.8) is 0 Å². The molecule has 0 bridgehead atoms. The molecule has 0 aliphatic carbocycles. The quantitative estimate of drug-likeness (QED) is 0.252. The number of amides is 2. The number of anilines is 2. The highest BCUT2D eigenvalue weighted by molar-refractivity contribution is 9.10. The molecule has 262 valence electrons. The molecule has 3 saturated heterocycles. The van der Waals surface area contributed by atoms with Crippen molar-refractivity contribution in [1.29, 1.82) is 0 Å². The molecule has 3 aromatic carbocycles. The van der Waals surface area contributed by atoms with Gasteiger partial charge in [0, 0.05) is 61.2 Å². The predicted molar refractivity (Wildman–Crippen MR) is 199 cm³/mol. The van der Waals surface area contributed by atoms with E-state index >= 15 is 0 Å². The summed E-state index contributed by atoms with van der Waals surface area (Å²) in [6, 6.07) is 31.3. The molecule has 3 aromatic rings. The Balaban J connectivity index is 0.000000183. The van der Waals surface area contributed by atoms with Gasteiger partial charge in [0.1, 0.15) is 11.2 Å². The number of halogens is 1. The number of rotatable bonds is 4. The zero-order chi connectivity index (χ0) is 35.2. The Morgan fingerprint density at radius 2 is 1.04 bits per heavy atom. The van der Waals surface area contributed by atoms with Gasteiger partial charge in [0.15, 0.2) is 0 Å². The number of ether oxygens (including phenoxy) is 2. The van der Waals surface area contributed by atoms with Crippen LogP contribution in [0.25, 0.3) is 0 Å². The van der Waals surface area contributed by atoms with Crippen LogP contribution in [0, 0.1) is 0 Å². The van der Waals surface area contributed by atoms with Crippen LogP contribution < -0.4 is 31.5 Å². The Hall–Kier alpha value is -3.80. The van der Waals surface area contributed by atoms with Crippen LogP contribution in [0.5, 0.6) is 0 Å². The van der Waals surface area contributed by atoms with E-state index in [1.54, 1.807) is 0 Å². The first-order valence-corrected chi connectivity index (χ1v) is 17.2. The number of hydrogen-bond acceptors (Lipinski definition) is 8. The molecule has 0 unspecified atom stereocenters. The molecule has 0 aromatic heterocycles. The van der Waals surface area contributed by atoms with Crippen molar-refractivity contribution in [2.75, 3.05) is 49.1 Å². The monoisotopic (exact) mass is 724 g/mol. The lowest BCUT2D eigenvalue weighted by Crippen LogP contribution is -2.60. The smallest absolute Gasteiger partial charge is 0.407 e. The fourth-order valence-corrected chi connectivity index (χ4v) is 4.84. The molecule has 0 saturated carbocycles. The number of nitrogens with zero attached hydrogens (tertiary/aromatic N) is 2. The van der Waals surface area contributed by atoms with E-state index in [0.717, 1.165) is 43.7 Å². The molecule has 10 nitrogen and oxygen atoms in total. The fraction of sp³-hybridized carbons (Fsp3) is 0.459. The molecule has 0 radical (unpaired) electrons. The molecule has 48 heavy (non-hydrogen) atoms. The van der Waals surface area contributed by atoms with Crippen LogP contribution in [0.4, 0.5) is 21.0 Å². The summed E-state index contributed by atoms with van der Waals surface area (Å²) in [5.74, 6) is 0. The van der Waals surface area contributed by atoms with Gasteiger partial charge in [0.25, 0.3) is 0 Å². The average molecular weight is 726 g/mol. The van der Waals surface area contributed by atoms with Crippen LogP contribution >= 0.6 is 15.9 Å². The number of para-hydroxylation sites is 2. The summed E-state index contributed by atoms with van der Waals surface area (Å²) in [6.45, 7) is 16.5. The van der Waals surface area contributed by atoms with E-state index in [4.69, 9.17) is 15.2 Å². The van der Waals surface area contributed by atoms with E-state index in [2.05, 4.69) is 78.1 Å². The lowest BCUT2D eigenvalue weighted by molar-refractivity contribution is 0.0480. The minimum absolute atomic E-state index is 0.181. The molecule has 0 spiro atoms. The van der Waals surface area contributed by atoms with Gasteiger partial charge >= 0.3 is 12.2 Å². The second-order valence-electron chi connectivity index (χ2n) is 13.9. The first kappa shape index (κ1) is 38.6. The molecule has 5 N–H and O–H groups in total. The minimum Gasteiger partial charge on any atom is -0.444 e. The molecule has 11 heteroatoms. The Labute approximate surface area is 294 Å². The van der Waals surface area contributed by atoms with E-state index in [0.29, 0.717) is 6.04 Å². The molecule has 0 atom stereocenters. The van der Waals surface area contributed by atoms with Gasteiger partial charge in [0.2, 0.25) is 0 Å². The number of alkyl carbamates (subject to hydrolysis) is 2. The normalized spacial score (nSPS) is 16.0. The number of carbonyl (C=O) groups is 2. The van der Waals surface area contributed by atoms with E-state index in [1.165, 1.54) is 11.4 Å². The summed E-state index contributed by atoms with van der Waals surface area (Å²) in [5.41, 5.74) is 7.31. The Kier molecular flexibility index (Phi) is 15.0. The first-order valence-electron chi connectivity index (χ1n) is 16.4. The lowest BCUT2D eigenvalue weighted by Gasteiger charge is -2.41. The van der Waals surface area contributed by atoms with Crippen LogP contribution in [0.2, 0.25) is 0 Å². The van der Waals surface area contributed by atoms with Gasteiger partial charge < -0.3 is 41.0 Å². The third kappa shape index (κ3) is 15.4. The number of benzene rings is 3. The second-order valence-corrected chi connectivity index (χ2v) is 14.8. The third-order valence-electron chi connectivity index (χ3n) is 6.99. The highest BCUT2D eigenvalue weighted by Gasteiger charge is 2.29. The van der Waals surface area contributed by atoms with E-state index in [9.17, 15) is 9.59 Å². The Morgan fingerprint density at radius 3 is 1.35 bits per heavy atom. The van der Waals surface area contributed by atoms with E-state index in [1.807, 2.05) is 96.1 Å². The minimum atomic E-state index is -0.438. The summed E-state index contributed by atoms with van der Waals surface area (Å²) in [7, 11) is 0. The topological polar surface area (TPSA) is 121 Å². The highest BCUT2D eigenvalue weighted by Crippen LogP contribution is 2.21. The lowest BCUT2D eigenvalue weighted by atomic mass is 10.1. The van der Waals surface area contributed by atoms with Gasteiger partial charge in [-0.3, -0.25) is 0 Å². The summed E-state index contributed by atoms with van der Waals surface area (Å²) in [5, 5.41) is 8.68. The molecular formula is C37H53BrN6O4. The number of nitrogens with one attached hydrogen (secondary N) is 3. The van der Waals surface area contributed by atoms with Crippen molar-refractivity contribution >= 4 is 39.5 Å². The molecule has 3 fully saturated rings. The zero-order valence-corrected chi connectivity index (χ0v) is 30.7. The van der Waals surface area contributed by atoms with Gasteiger partial charge in [-0.25, -0.2) is 9.59 Å². The van der Waals surface area contributed by atoms with Crippen molar-refractivity contribution in [1.82, 2.24) is 16.0 Å². The first-order chi connectivity index (χ1) is 22.7. The summed E-state index contributed by atoms with van der Waals surface area (Å²) >= 11 is 3.31. The molecule has 3 aliphatic heterocycles. The SMILES string of the molecule is Brc1ccccc1.CC(C)(C)OC(=O)NC1CN(c2ccccc2)C1.CC(C)(C)OC(=O)NC1CNC1.NC1CN(c2ccccc2)C1. The summed E-state index contributed by atoms with van der Waals surface area (Å²) < 4.78 is 11.4. The maximum absolute atomic E-state index is 11.6. The van der Waals surface area contributed by atoms with Gasteiger partial charge in [0.05, 0.1) is 12.1 Å². The number of nitrogens with two attached hydrogens (primary N) is 1. The molecular weight excluding hydrogens is 672 g/mol. The largest absolute Gasteiger partial charge is 0.444 e. The van der Waals surface area contributed by atoms with Crippen LogP contribution in [-0.2, 0) is 9.47 Å². The summed E-state index contributed by atoms with van der Waals surface area (Å²) in [6.07, 6.45) is -0.658. The van der Waals surface area contributed by atoms with Crippen molar-refractivity contribution in [2.45, 2.75) is 70.9 Å². The molecule has 2 amide bonds. The third-order valence-corrected chi connectivity index (χ3v) is 7.52. The van der Waals surface area contributed by atoms with Gasteiger partial charge in [-0.15, -0.1) is 0 Å². The van der Waals surface area contributed by atoms with Crippen LogP contribution in [0.1, 0.15) is 41.5 Å². The van der Waals surface area contributed by atoms with Gasteiger partial charge in [-0.05, 0) is 77.9 Å². The predicted octanol–water partition coefficient (Wildman–Crippen LogP) is 6.17. The number of hydrogen-bond donors (Lipinski definition) is 4. The molecule has 3 heterocycles. The van der Waals surface area contributed by atoms with Crippen LogP contribution in [-0.4, -0.2) is 80.8 Å². The van der Waals surface area contributed by atoms with E-state index < -0.39 is 11.2 Å². The zero-order valence-electron chi connectivity index (χ0n) is 29.1. The van der Waals surface area contributed by atoms with E-state index in [-0.39, 0.29) is 24.3 Å². The van der Waals surface area contributed by atoms with Crippen LogP contribution in [0.3, 0.4) is 0 Å². The molecule has 3 aliphatic rings. The van der Waals surface area contributed by atoms with Crippen molar-refractivity contribution in [3.8, 4) is 0 Å². The second kappa shape index (κ2) is 18.7. The maximum atomic E-state index is 11.6. The number of carbonyl (C=O) groups excluding carboxylic acids is 2. The fourth-order valence-electron chi connectivity index (χ4n) is 4.54. The van der Waals surface area contributed by atoms with Gasteiger partial charge in [-0.2, -0.15) is 0 Å². The average Bonchev–Trinajstić information content (AvgIpc) is 2.96. The highest BCUT2D eigenvalue weighted by atomic mass is 79.9. The summed E-state index contributed by atoms with van der Waals surface area (Å²) in [4.78, 5) is 27.2. The van der Waals surface area contributed by atoms with Crippen LogP contribution in [0.15, 0.2) is 95.5 Å². The maximum Gasteiger partial charge on any atom is 0.407 e. The van der Waals surface area contributed by atoms with Crippen molar-refractivity contribution in [3.05, 3.63) is 95.5 Å². The Morgan fingerprint density at radius 1 is 0.667 bits per heavy atom. The van der Waals surface area contributed by atoms with Gasteiger partial charge in [-0.1, -0.05) is 70.5 Å². The Bertz CT molecular complexity index is 1350. The van der Waals surface area contributed by atoms with Crippen molar-refractivity contribution in [2.24, 2.45) is 5.73 Å². The standard InChI is InChI=1S/C14H20N2O2.C9H12N2.C8H16N2O2.C6H5Br/c1-14(2,3)18-13(17)15-11-9-16(10-11)12-7-5-4-6-8-12;10-8-6-11(7-8)9-4-2-1-3-5-9;1-8(2,3)12-7(11)10-6-4-9-5-6;7-6-4-2-1-3-5-6/h4-8,11H,9-10H2,1-3H3,(H,15,17);1-5,8H,6-7,10H2;6,9H,4-5H2,1-3H3,(H,10,11);1-5H. The van der Waals surface area contributed by atoms with Crippen molar-refractivity contribution < 1.29 is 19.1 Å². The molecule has 6 rings (SSSR count).